The lowest BCUT2D eigenvalue weighted by Gasteiger charge is -2.06. The molecule has 3 rings (SSSR count). The van der Waals surface area contributed by atoms with E-state index in [1.807, 2.05) is 12.3 Å². The third kappa shape index (κ3) is 4.05. The summed E-state index contributed by atoms with van der Waals surface area (Å²) in [5.74, 6) is 7.09. The highest BCUT2D eigenvalue weighted by Crippen LogP contribution is 2.24. The summed E-state index contributed by atoms with van der Waals surface area (Å²) in [6.45, 7) is -0.449. The average Bonchev–Trinajstić information content (AvgIpc) is 3.12. The van der Waals surface area contributed by atoms with Gasteiger partial charge < -0.3 is 15.1 Å². The van der Waals surface area contributed by atoms with E-state index in [0.29, 0.717) is 28.8 Å². The molecule has 11 heteroatoms. The van der Waals surface area contributed by atoms with Crippen molar-refractivity contribution in [2.24, 2.45) is 0 Å². The average molecular weight is 399 g/mol. The highest BCUT2D eigenvalue weighted by molar-refractivity contribution is 7.99. The van der Waals surface area contributed by atoms with Gasteiger partial charge in [-0.1, -0.05) is 23.1 Å². The standard InChI is InChI=1S/C15H15F2N5O2S2/c1-9-8-26-15(23)21(9)6-7-25-14-20-19-12(22(14)18)10-2-4-11(5-3-10)24-13(16)17/h2-5,8,13H,6-7,18H2,1H3. The van der Waals surface area contributed by atoms with E-state index in [1.165, 1.54) is 39.9 Å². The Morgan fingerprint density at radius 2 is 2.04 bits per heavy atom. The molecule has 0 aliphatic carbocycles. The third-order valence-electron chi connectivity index (χ3n) is 3.52. The normalized spacial score (nSPS) is 11.2. The molecule has 2 N–H and O–H groups in total. The largest absolute Gasteiger partial charge is 0.435 e. The number of thioether (sulfide) groups is 1. The first-order valence-corrected chi connectivity index (χ1v) is 9.35. The Bertz CT molecular complexity index is 936. The van der Waals surface area contributed by atoms with E-state index in [-0.39, 0.29) is 10.6 Å². The second-order valence-corrected chi connectivity index (χ2v) is 7.10. The molecule has 0 radical (unpaired) electrons. The van der Waals surface area contributed by atoms with Crippen molar-refractivity contribution >= 4 is 23.1 Å². The number of halogens is 2. The van der Waals surface area contributed by atoms with Gasteiger partial charge in [0, 0.05) is 28.9 Å². The Balaban J connectivity index is 1.67. The summed E-state index contributed by atoms with van der Waals surface area (Å²) in [5, 5.41) is 10.4. The van der Waals surface area contributed by atoms with Crippen molar-refractivity contribution in [1.29, 1.82) is 0 Å². The number of benzene rings is 1. The van der Waals surface area contributed by atoms with Crippen LogP contribution in [0.2, 0.25) is 0 Å². The molecule has 0 fully saturated rings. The SMILES string of the molecule is Cc1csc(=O)n1CCSc1nnc(-c2ccc(OC(F)F)cc2)n1N. The van der Waals surface area contributed by atoms with E-state index >= 15 is 0 Å². The third-order valence-corrected chi connectivity index (χ3v) is 5.33. The van der Waals surface area contributed by atoms with E-state index < -0.39 is 6.61 Å². The molecular weight excluding hydrogens is 384 g/mol. The second kappa shape index (κ2) is 7.87. The number of aryl methyl sites for hydroxylation is 1. The van der Waals surface area contributed by atoms with Gasteiger partial charge in [0.05, 0.1) is 0 Å². The zero-order valence-corrected chi connectivity index (χ0v) is 15.3. The van der Waals surface area contributed by atoms with Gasteiger partial charge in [0.25, 0.3) is 0 Å². The number of hydrogen-bond acceptors (Lipinski definition) is 7. The summed E-state index contributed by atoms with van der Waals surface area (Å²) >= 11 is 2.54. The summed E-state index contributed by atoms with van der Waals surface area (Å²) in [6, 6.07) is 5.98. The van der Waals surface area contributed by atoms with Crippen molar-refractivity contribution in [2.45, 2.75) is 25.2 Å². The number of nitrogens with two attached hydrogens (primary N) is 1. The molecule has 1 aromatic carbocycles. The Labute approximate surface area is 155 Å². The quantitative estimate of drug-likeness (QED) is 0.485. The van der Waals surface area contributed by atoms with Crippen molar-refractivity contribution < 1.29 is 13.5 Å². The van der Waals surface area contributed by atoms with Crippen LogP contribution in [0.4, 0.5) is 8.78 Å². The summed E-state index contributed by atoms with van der Waals surface area (Å²) in [6.07, 6.45) is 0. The molecule has 0 atom stereocenters. The van der Waals surface area contributed by atoms with Crippen LogP contribution in [0, 0.1) is 6.92 Å². The lowest BCUT2D eigenvalue weighted by Crippen LogP contribution is -2.16. The number of ether oxygens (including phenoxy) is 1. The Morgan fingerprint density at radius 1 is 1.31 bits per heavy atom. The molecule has 0 amide bonds. The molecule has 26 heavy (non-hydrogen) atoms. The number of rotatable bonds is 7. The molecule has 0 spiro atoms. The van der Waals surface area contributed by atoms with Crippen LogP contribution in [0.1, 0.15) is 5.69 Å². The lowest BCUT2D eigenvalue weighted by atomic mass is 10.2. The van der Waals surface area contributed by atoms with Crippen molar-refractivity contribution in [3.63, 3.8) is 0 Å². The van der Waals surface area contributed by atoms with Gasteiger partial charge in [-0.15, -0.1) is 10.2 Å². The number of alkyl halides is 2. The molecule has 0 aliphatic rings. The minimum Gasteiger partial charge on any atom is -0.435 e. The summed E-state index contributed by atoms with van der Waals surface area (Å²) in [4.78, 5) is 11.7. The molecule has 0 saturated carbocycles. The van der Waals surface area contributed by atoms with Crippen LogP contribution in [0.15, 0.2) is 39.6 Å². The van der Waals surface area contributed by atoms with Crippen LogP contribution >= 0.6 is 23.1 Å². The van der Waals surface area contributed by atoms with E-state index in [1.54, 1.807) is 16.7 Å². The van der Waals surface area contributed by atoms with E-state index in [9.17, 15) is 13.6 Å². The molecule has 2 heterocycles. The van der Waals surface area contributed by atoms with E-state index in [2.05, 4.69) is 14.9 Å². The fraction of sp³-hybridized carbons (Fsp3) is 0.267. The topological polar surface area (TPSA) is 88.0 Å². The molecular formula is C15H15F2N5O2S2. The smallest absolute Gasteiger partial charge is 0.387 e. The predicted molar refractivity (Wildman–Crippen MR) is 96.3 cm³/mol. The molecule has 0 unspecified atom stereocenters. The molecule has 0 bridgehead atoms. The first kappa shape index (κ1) is 18.4. The molecule has 3 aromatic rings. The maximum atomic E-state index is 12.2. The van der Waals surface area contributed by atoms with Crippen molar-refractivity contribution in [2.75, 3.05) is 11.6 Å². The fourth-order valence-corrected chi connectivity index (χ4v) is 3.80. The molecule has 2 aromatic heterocycles. The zero-order valence-electron chi connectivity index (χ0n) is 13.6. The molecule has 0 aliphatic heterocycles. The maximum Gasteiger partial charge on any atom is 0.387 e. The molecule has 138 valence electrons. The van der Waals surface area contributed by atoms with Crippen molar-refractivity contribution in [3.05, 3.63) is 45.0 Å². The maximum absolute atomic E-state index is 12.2. The van der Waals surface area contributed by atoms with E-state index in [4.69, 9.17) is 5.84 Å². The van der Waals surface area contributed by atoms with Crippen LogP contribution < -0.4 is 15.5 Å². The highest BCUT2D eigenvalue weighted by Gasteiger charge is 2.13. The fourth-order valence-electron chi connectivity index (χ4n) is 2.26. The number of hydrogen-bond donors (Lipinski definition) is 1. The Kier molecular flexibility index (Phi) is 5.57. The van der Waals surface area contributed by atoms with Crippen molar-refractivity contribution in [3.8, 4) is 17.1 Å². The van der Waals surface area contributed by atoms with Gasteiger partial charge in [-0.05, 0) is 31.2 Å². The predicted octanol–water partition coefficient (Wildman–Crippen LogP) is 2.58. The number of nitrogens with zero attached hydrogens (tertiary/aromatic N) is 4. The summed E-state index contributed by atoms with van der Waals surface area (Å²) in [7, 11) is 0. The minimum atomic E-state index is -2.87. The van der Waals surface area contributed by atoms with Gasteiger partial charge in [-0.2, -0.15) is 8.78 Å². The summed E-state index contributed by atoms with van der Waals surface area (Å²) in [5.41, 5.74) is 1.54. The van der Waals surface area contributed by atoms with Crippen LogP contribution in [0.5, 0.6) is 5.75 Å². The lowest BCUT2D eigenvalue weighted by molar-refractivity contribution is -0.0498. The first-order chi connectivity index (χ1) is 12.5. The van der Waals surface area contributed by atoms with Crippen LogP contribution in [0.25, 0.3) is 11.4 Å². The second-order valence-electron chi connectivity index (χ2n) is 5.22. The minimum absolute atomic E-state index is 0.00381. The number of aromatic nitrogens is 4. The molecule has 7 nitrogen and oxygen atoms in total. The van der Waals surface area contributed by atoms with Gasteiger partial charge >= 0.3 is 11.5 Å². The highest BCUT2D eigenvalue weighted by atomic mass is 32.2. The van der Waals surface area contributed by atoms with Gasteiger partial charge in [0.15, 0.2) is 5.82 Å². The molecule has 0 saturated heterocycles. The number of nitrogen functional groups attached to an aromatic ring is 1. The van der Waals surface area contributed by atoms with Gasteiger partial charge in [0.2, 0.25) is 5.16 Å². The van der Waals surface area contributed by atoms with Gasteiger partial charge in [-0.25, -0.2) is 4.68 Å². The van der Waals surface area contributed by atoms with Crippen LogP contribution in [0.3, 0.4) is 0 Å². The van der Waals surface area contributed by atoms with E-state index in [0.717, 1.165) is 5.69 Å². The zero-order chi connectivity index (χ0) is 18.7. The Morgan fingerprint density at radius 3 is 2.65 bits per heavy atom. The first-order valence-electron chi connectivity index (χ1n) is 7.49. The van der Waals surface area contributed by atoms with Crippen LogP contribution in [-0.4, -0.2) is 31.8 Å². The van der Waals surface area contributed by atoms with Gasteiger partial charge in [-0.3, -0.25) is 4.79 Å². The number of thiazole rings is 1. The van der Waals surface area contributed by atoms with Gasteiger partial charge in [0.1, 0.15) is 5.75 Å². The van der Waals surface area contributed by atoms with Crippen molar-refractivity contribution in [1.82, 2.24) is 19.4 Å². The monoisotopic (exact) mass is 399 g/mol. The van der Waals surface area contributed by atoms with Crippen LogP contribution in [-0.2, 0) is 6.54 Å². The summed E-state index contributed by atoms with van der Waals surface area (Å²) < 4.78 is 31.7. The Hall–Kier alpha value is -2.40.